The topological polar surface area (TPSA) is 60.9 Å². The predicted molar refractivity (Wildman–Crippen MR) is 80.6 cm³/mol. The van der Waals surface area contributed by atoms with Crippen LogP contribution in [0.1, 0.15) is 36.0 Å². The Morgan fingerprint density at radius 1 is 1.19 bits per heavy atom. The fraction of sp³-hybridized carbons (Fsp3) is 0.600. The Labute approximate surface area is 128 Å². The van der Waals surface area contributed by atoms with Crippen molar-refractivity contribution >= 4 is 23.2 Å². The van der Waals surface area contributed by atoms with Gasteiger partial charge >= 0.3 is 5.97 Å². The third-order valence-corrected chi connectivity index (χ3v) is 5.25. The van der Waals surface area contributed by atoms with Crippen molar-refractivity contribution in [1.29, 1.82) is 0 Å². The summed E-state index contributed by atoms with van der Waals surface area (Å²) in [5.41, 5.74) is 0.767. The molecule has 114 valence electrons. The van der Waals surface area contributed by atoms with Crippen LogP contribution in [0.3, 0.4) is 0 Å². The van der Waals surface area contributed by atoms with E-state index in [0.29, 0.717) is 6.04 Å². The predicted octanol–water partition coefficient (Wildman–Crippen LogP) is 1.90. The molecule has 2 aliphatic rings. The zero-order chi connectivity index (χ0) is 14.8. The molecule has 5 nitrogen and oxygen atoms in total. The van der Waals surface area contributed by atoms with Crippen LogP contribution in [-0.4, -0.2) is 58.5 Å². The van der Waals surface area contributed by atoms with E-state index in [4.69, 9.17) is 0 Å². The number of aliphatic carboxylic acids is 1. The lowest BCUT2D eigenvalue weighted by atomic mass is 10.0. The number of hydrogen-bond donors (Lipinski definition) is 1. The molecule has 2 fully saturated rings. The van der Waals surface area contributed by atoms with Gasteiger partial charge in [0.15, 0.2) is 0 Å². The quantitative estimate of drug-likeness (QED) is 0.926. The van der Waals surface area contributed by atoms with Gasteiger partial charge in [0, 0.05) is 24.5 Å². The first-order chi connectivity index (χ1) is 10.2. The minimum Gasteiger partial charge on any atom is -0.480 e. The van der Waals surface area contributed by atoms with Gasteiger partial charge in [0.2, 0.25) is 0 Å². The average molecular weight is 308 g/mol. The number of carbonyl (C=O) groups is 2. The van der Waals surface area contributed by atoms with E-state index < -0.39 is 5.97 Å². The van der Waals surface area contributed by atoms with E-state index in [-0.39, 0.29) is 11.9 Å². The zero-order valence-electron chi connectivity index (χ0n) is 11.9. The third kappa shape index (κ3) is 2.96. The summed E-state index contributed by atoms with van der Waals surface area (Å²) < 4.78 is 0. The van der Waals surface area contributed by atoms with E-state index in [1.165, 1.54) is 11.3 Å². The summed E-state index contributed by atoms with van der Waals surface area (Å²) in [5, 5.41) is 13.1. The Morgan fingerprint density at radius 2 is 1.95 bits per heavy atom. The molecular weight excluding hydrogens is 288 g/mol. The molecule has 0 radical (unpaired) electrons. The summed E-state index contributed by atoms with van der Waals surface area (Å²) in [6.07, 6.45) is 3.47. The van der Waals surface area contributed by atoms with E-state index in [1.54, 1.807) is 0 Å². The summed E-state index contributed by atoms with van der Waals surface area (Å²) in [7, 11) is 0. The van der Waals surface area contributed by atoms with Crippen LogP contribution >= 0.6 is 11.3 Å². The van der Waals surface area contributed by atoms with Gasteiger partial charge < -0.3 is 10.0 Å². The fourth-order valence-electron chi connectivity index (χ4n) is 3.46. The number of nitrogens with zero attached hydrogens (tertiary/aromatic N) is 2. The Kier molecular flexibility index (Phi) is 4.26. The molecule has 2 aliphatic heterocycles. The Bertz CT molecular complexity index is 509. The number of amides is 1. The summed E-state index contributed by atoms with van der Waals surface area (Å²) in [5.74, 6) is -0.602. The van der Waals surface area contributed by atoms with Crippen LogP contribution in [0.15, 0.2) is 16.8 Å². The molecule has 21 heavy (non-hydrogen) atoms. The van der Waals surface area contributed by atoms with Crippen molar-refractivity contribution < 1.29 is 14.7 Å². The second-order valence-electron chi connectivity index (χ2n) is 5.77. The second-order valence-corrected chi connectivity index (χ2v) is 6.55. The first-order valence-electron chi connectivity index (χ1n) is 7.47. The van der Waals surface area contributed by atoms with Gasteiger partial charge in [-0.1, -0.05) is 0 Å². The molecule has 6 heteroatoms. The van der Waals surface area contributed by atoms with Gasteiger partial charge in [0.05, 0.1) is 5.56 Å². The summed E-state index contributed by atoms with van der Waals surface area (Å²) in [4.78, 5) is 27.6. The smallest absolute Gasteiger partial charge is 0.320 e. The van der Waals surface area contributed by atoms with Gasteiger partial charge in [0.1, 0.15) is 6.04 Å². The van der Waals surface area contributed by atoms with Gasteiger partial charge in [0.25, 0.3) is 5.91 Å². The van der Waals surface area contributed by atoms with Crippen molar-refractivity contribution in [2.24, 2.45) is 0 Å². The van der Waals surface area contributed by atoms with E-state index in [2.05, 4.69) is 4.90 Å². The molecule has 3 rings (SSSR count). The van der Waals surface area contributed by atoms with Crippen LogP contribution in [0.25, 0.3) is 0 Å². The zero-order valence-corrected chi connectivity index (χ0v) is 12.7. The number of rotatable bonds is 3. The molecule has 1 aromatic heterocycles. The van der Waals surface area contributed by atoms with Gasteiger partial charge in [-0.05, 0) is 43.7 Å². The standard InChI is InChI=1S/C15H20N2O3S/c18-14(11-5-9-21-10-11)16-7-3-12(4-8-16)17-6-1-2-13(17)15(19)20/h5,9-10,12-13H,1-4,6-8H2,(H,19,20). The van der Waals surface area contributed by atoms with Gasteiger partial charge in [-0.15, -0.1) is 0 Å². The Morgan fingerprint density at radius 3 is 2.57 bits per heavy atom. The Hall–Kier alpha value is -1.40. The molecule has 0 bridgehead atoms. The molecule has 0 aromatic carbocycles. The van der Waals surface area contributed by atoms with Crippen molar-refractivity contribution in [3.63, 3.8) is 0 Å². The van der Waals surface area contributed by atoms with Crippen molar-refractivity contribution in [2.45, 2.75) is 37.8 Å². The van der Waals surface area contributed by atoms with Crippen molar-refractivity contribution in [3.8, 4) is 0 Å². The van der Waals surface area contributed by atoms with Gasteiger partial charge in [-0.3, -0.25) is 14.5 Å². The van der Waals surface area contributed by atoms with Crippen molar-refractivity contribution in [2.75, 3.05) is 19.6 Å². The molecule has 3 heterocycles. The number of carboxylic acid groups (broad SMARTS) is 1. The number of carbonyl (C=O) groups excluding carboxylic acids is 1. The molecule has 2 saturated heterocycles. The lowest BCUT2D eigenvalue weighted by molar-refractivity contribution is -0.143. The van der Waals surface area contributed by atoms with Crippen LogP contribution in [0, 0.1) is 0 Å². The molecule has 1 aromatic rings. The maximum absolute atomic E-state index is 12.3. The highest BCUT2D eigenvalue weighted by Gasteiger charge is 2.37. The summed E-state index contributed by atoms with van der Waals surface area (Å²) in [6, 6.07) is 1.84. The van der Waals surface area contributed by atoms with Crippen molar-refractivity contribution in [3.05, 3.63) is 22.4 Å². The number of likely N-dealkylation sites (tertiary alicyclic amines) is 2. The van der Waals surface area contributed by atoms with Crippen LogP contribution in [0.5, 0.6) is 0 Å². The first-order valence-corrected chi connectivity index (χ1v) is 8.41. The lowest BCUT2D eigenvalue weighted by Crippen LogP contribution is -2.49. The monoisotopic (exact) mass is 308 g/mol. The largest absolute Gasteiger partial charge is 0.480 e. The van der Waals surface area contributed by atoms with Crippen LogP contribution in [0.4, 0.5) is 0 Å². The number of thiophene rings is 1. The normalized spacial score (nSPS) is 24.4. The fourth-order valence-corrected chi connectivity index (χ4v) is 4.09. The molecule has 0 spiro atoms. The van der Waals surface area contributed by atoms with Gasteiger partial charge in [-0.2, -0.15) is 11.3 Å². The van der Waals surface area contributed by atoms with E-state index in [9.17, 15) is 14.7 Å². The van der Waals surface area contributed by atoms with E-state index >= 15 is 0 Å². The van der Waals surface area contributed by atoms with Crippen LogP contribution in [0.2, 0.25) is 0 Å². The number of hydrogen-bond acceptors (Lipinski definition) is 4. The summed E-state index contributed by atoms with van der Waals surface area (Å²) >= 11 is 1.54. The maximum Gasteiger partial charge on any atom is 0.320 e. The van der Waals surface area contributed by atoms with Gasteiger partial charge in [-0.25, -0.2) is 0 Å². The maximum atomic E-state index is 12.3. The molecule has 1 amide bonds. The summed E-state index contributed by atoms with van der Waals surface area (Å²) in [6.45, 7) is 2.32. The molecule has 1 N–H and O–H groups in total. The van der Waals surface area contributed by atoms with Crippen molar-refractivity contribution in [1.82, 2.24) is 9.80 Å². The highest BCUT2D eigenvalue weighted by Crippen LogP contribution is 2.26. The average Bonchev–Trinajstić information content (AvgIpc) is 3.18. The molecule has 0 aliphatic carbocycles. The minimum absolute atomic E-state index is 0.103. The second kappa shape index (κ2) is 6.15. The molecule has 0 saturated carbocycles. The lowest BCUT2D eigenvalue weighted by Gasteiger charge is -2.38. The Balaban J connectivity index is 1.58. The third-order valence-electron chi connectivity index (χ3n) is 4.57. The number of piperidine rings is 1. The van der Waals surface area contributed by atoms with E-state index in [0.717, 1.165) is 50.9 Å². The first kappa shape index (κ1) is 14.5. The van der Waals surface area contributed by atoms with Crippen LogP contribution in [-0.2, 0) is 4.79 Å². The SMILES string of the molecule is O=C(O)C1CCCN1C1CCN(C(=O)c2ccsc2)CC1. The highest BCUT2D eigenvalue weighted by atomic mass is 32.1. The molecule has 1 unspecified atom stereocenters. The van der Waals surface area contributed by atoms with Crippen LogP contribution < -0.4 is 0 Å². The number of carboxylic acids is 1. The molecular formula is C15H20N2O3S. The highest BCUT2D eigenvalue weighted by molar-refractivity contribution is 7.08. The minimum atomic E-state index is -0.704. The van der Waals surface area contributed by atoms with E-state index in [1.807, 2.05) is 21.7 Å². The molecule has 1 atom stereocenters.